The Labute approximate surface area is 193 Å². The highest BCUT2D eigenvalue weighted by molar-refractivity contribution is 5.96. The number of hydrogen-bond acceptors (Lipinski definition) is 3. The molecule has 1 N–H and O–H groups in total. The van der Waals surface area contributed by atoms with Crippen molar-refractivity contribution in [2.24, 2.45) is 0 Å². The molecular weight excluding hydrogens is 403 g/mol. The van der Waals surface area contributed by atoms with Gasteiger partial charge in [-0.15, -0.1) is 0 Å². The molecule has 0 saturated carbocycles. The van der Waals surface area contributed by atoms with Crippen molar-refractivity contribution in [3.8, 4) is 0 Å². The van der Waals surface area contributed by atoms with Crippen LogP contribution < -0.4 is 5.32 Å². The van der Waals surface area contributed by atoms with Gasteiger partial charge in [0.15, 0.2) is 5.78 Å². The lowest BCUT2D eigenvalue weighted by molar-refractivity contribution is -0.129. The summed E-state index contributed by atoms with van der Waals surface area (Å²) < 4.78 is 13.1. The summed E-state index contributed by atoms with van der Waals surface area (Å²) in [5.74, 6) is -0.0679. The first-order valence-corrected chi connectivity index (χ1v) is 11.3. The van der Waals surface area contributed by atoms with Gasteiger partial charge in [-0.25, -0.2) is 4.39 Å². The maximum Gasteiger partial charge on any atom is 0.219 e. The zero-order chi connectivity index (χ0) is 24.5. The molecule has 1 aromatic carbocycles. The number of halogens is 1. The van der Waals surface area contributed by atoms with Gasteiger partial charge in [0.25, 0.3) is 0 Å². The first-order valence-electron chi connectivity index (χ1n) is 11.3. The van der Waals surface area contributed by atoms with Crippen molar-refractivity contribution in [1.29, 1.82) is 0 Å². The number of ketones is 1. The number of hydrogen-bond donors (Lipinski definition) is 1. The molecule has 0 aromatic heterocycles. The second-order valence-corrected chi connectivity index (χ2v) is 8.63. The predicted molar refractivity (Wildman–Crippen MR) is 131 cm³/mol. The van der Waals surface area contributed by atoms with Crippen molar-refractivity contribution in [3.05, 3.63) is 71.2 Å². The normalized spacial score (nSPS) is 18.9. The molecule has 0 saturated heterocycles. The van der Waals surface area contributed by atoms with E-state index >= 15 is 0 Å². The van der Waals surface area contributed by atoms with Gasteiger partial charge >= 0.3 is 0 Å². The average Bonchev–Trinajstić information content (AvgIpc) is 3.04. The largest absolute Gasteiger partial charge is 0.379 e. The standard InChI is InChI=1S/C18H20FNO.C9H19NO/c1-5-14(13(3)21)10-15-11-18(4,20-12(15)2)16-6-8-17(19)9-7-16;1-5-7-9(6-2)10(4)8(3)11/h5-10,20H,1,11H2,2-4H3;9H,5-7H2,1-4H3/b14-10+;/t18-;/m1./s1. The van der Waals surface area contributed by atoms with E-state index in [0.29, 0.717) is 11.6 Å². The van der Waals surface area contributed by atoms with E-state index in [9.17, 15) is 14.0 Å². The molecule has 1 heterocycles. The van der Waals surface area contributed by atoms with Crippen molar-refractivity contribution >= 4 is 11.7 Å². The van der Waals surface area contributed by atoms with Gasteiger partial charge in [0, 0.05) is 37.7 Å². The van der Waals surface area contributed by atoms with E-state index in [-0.39, 0.29) is 23.0 Å². The summed E-state index contributed by atoms with van der Waals surface area (Å²) in [7, 11) is 1.88. The summed E-state index contributed by atoms with van der Waals surface area (Å²) in [5.41, 5.74) is 3.45. The van der Waals surface area contributed by atoms with Crippen molar-refractivity contribution in [2.45, 2.75) is 78.8 Å². The van der Waals surface area contributed by atoms with Gasteiger partial charge in [0.1, 0.15) is 5.82 Å². The number of Topliss-reactive ketones (excluding diaryl/α,β-unsaturated/α-hetero) is 1. The molecule has 0 fully saturated rings. The summed E-state index contributed by atoms with van der Waals surface area (Å²) >= 11 is 0. The van der Waals surface area contributed by atoms with Crippen LogP contribution in [0, 0.1) is 5.82 Å². The van der Waals surface area contributed by atoms with Gasteiger partial charge in [-0.3, -0.25) is 9.59 Å². The van der Waals surface area contributed by atoms with E-state index in [1.54, 1.807) is 25.1 Å². The van der Waals surface area contributed by atoms with E-state index in [2.05, 4.69) is 32.7 Å². The third-order valence-electron chi connectivity index (χ3n) is 6.06. The summed E-state index contributed by atoms with van der Waals surface area (Å²) in [6, 6.07) is 6.97. The topological polar surface area (TPSA) is 49.4 Å². The zero-order valence-corrected chi connectivity index (χ0v) is 20.7. The maximum absolute atomic E-state index is 13.1. The van der Waals surface area contributed by atoms with Crippen LogP contribution in [0.3, 0.4) is 0 Å². The van der Waals surface area contributed by atoms with Gasteiger partial charge in [-0.2, -0.15) is 0 Å². The summed E-state index contributed by atoms with van der Waals surface area (Å²) in [5, 5.41) is 3.45. The monoisotopic (exact) mass is 442 g/mol. The minimum absolute atomic E-state index is 0.000634. The summed E-state index contributed by atoms with van der Waals surface area (Å²) in [4.78, 5) is 24.3. The molecule has 1 aliphatic rings. The van der Waals surface area contributed by atoms with Crippen molar-refractivity contribution in [2.75, 3.05) is 7.05 Å². The molecule has 0 bridgehead atoms. The lowest BCUT2D eigenvalue weighted by Gasteiger charge is -2.27. The average molecular weight is 443 g/mol. The van der Waals surface area contributed by atoms with Crippen LogP contribution >= 0.6 is 0 Å². The minimum atomic E-state index is -0.285. The van der Waals surface area contributed by atoms with Gasteiger partial charge in [0.05, 0.1) is 5.54 Å². The highest BCUT2D eigenvalue weighted by atomic mass is 19.1. The van der Waals surface area contributed by atoms with Crippen LogP contribution in [0.1, 0.15) is 72.8 Å². The molecule has 32 heavy (non-hydrogen) atoms. The Balaban J connectivity index is 0.000000396. The molecule has 5 heteroatoms. The fourth-order valence-electron chi connectivity index (χ4n) is 3.96. The number of carbonyl (C=O) groups excluding carboxylic acids is 2. The Morgan fingerprint density at radius 2 is 1.84 bits per heavy atom. The molecule has 0 radical (unpaired) electrons. The maximum atomic E-state index is 13.1. The molecule has 0 spiro atoms. The summed E-state index contributed by atoms with van der Waals surface area (Å²) in [6.07, 6.45) is 7.53. The minimum Gasteiger partial charge on any atom is -0.379 e. The molecule has 1 aliphatic heterocycles. The van der Waals surface area contributed by atoms with E-state index < -0.39 is 0 Å². The number of allylic oxidation sites excluding steroid dienone is 4. The highest BCUT2D eigenvalue weighted by Crippen LogP contribution is 2.36. The Morgan fingerprint density at radius 3 is 2.28 bits per heavy atom. The number of rotatable bonds is 8. The van der Waals surface area contributed by atoms with Crippen LogP contribution in [-0.2, 0) is 15.1 Å². The number of nitrogens with zero attached hydrogens (tertiary/aromatic N) is 1. The number of amides is 1. The van der Waals surface area contributed by atoms with Gasteiger partial charge in [-0.05, 0) is 63.0 Å². The van der Waals surface area contributed by atoms with Crippen molar-refractivity contribution in [1.82, 2.24) is 10.2 Å². The first kappa shape index (κ1) is 27.3. The van der Waals surface area contributed by atoms with Crippen LogP contribution in [-0.4, -0.2) is 29.7 Å². The Hall–Kier alpha value is -2.69. The van der Waals surface area contributed by atoms with E-state index in [4.69, 9.17) is 0 Å². The lowest BCUT2D eigenvalue weighted by atomic mass is 9.88. The van der Waals surface area contributed by atoms with Crippen LogP contribution in [0.15, 0.2) is 59.8 Å². The SMILES string of the molecule is C=C/C(=C\C1=C(C)N[C@@](C)(c2ccc(F)cc2)C1)C(C)=O.CCCC(CC)N(C)C(C)=O. The van der Waals surface area contributed by atoms with Crippen molar-refractivity contribution < 1.29 is 14.0 Å². The van der Waals surface area contributed by atoms with Crippen LogP contribution in [0.5, 0.6) is 0 Å². The molecule has 1 unspecified atom stereocenters. The van der Waals surface area contributed by atoms with E-state index in [0.717, 1.165) is 42.5 Å². The molecule has 2 atom stereocenters. The quantitative estimate of drug-likeness (QED) is 0.394. The third-order valence-corrected chi connectivity index (χ3v) is 6.06. The smallest absolute Gasteiger partial charge is 0.219 e. The Bertz CT molecular complexity index is 870. The van der Waals surface area contributed by atoms with Crippen LogP contribution in [0.2, 0.25) is 0 Å². The number of benzene rings is 1. The molecule has 2 rings (SSSR count). The fraction of sp³-hybridized carbons (Fsp3) is 0.481. The third kappa shape index (κ3) is 7.47. The van der Waals surface area contributed by atoms with Crippen molar-refractivity contribution in [3.63, 3.8) is 0 Å². The molecule has 1 amide bonds. The predicted octanol–water partition coefficient (Wildman–Crippen LogP) is 6.05. The molecule has 1 aromatic rings. The fourth-order valence-corrected chi connectivity index (χ4v) is 3.96. The number of carbonyl (C=O) groups is 2. The second-order valence-electron chi connectivity index (χ2n) is 8.63. The van der Waals surface area contributed by atoms with Gasteiger partial charge in [0.2, 0.25) is 5.91 Å². The summed E-state index contributed by atoms with van der Waals surface area (Å²) in [6.45, 7) is 15.2. The highest BCUT2D eigenvalue weighted by Gasteiger charge is 2.33. The van der Waals surface area contributed by atoms with Crippen LogP contribution in [0.4, 0.5) is 4.39 Å². The molecular formula is C27H39FN2O2. The zero-order valence-electron chi connectivity index (χ0n) is 20.7. The Morgan fingerprint density at radius 1 is 1.25 bits per heavy atom. The van der Waals surface area contributed by atoms with Crippen LogP contribution in [0.25, 0.3) is 0 Å². The first-order chi connectivity index (χ1) is 15.0. The Kier molecular flexibility index (Phi) is 10.6. The molecule has 4 nitrogen and oxygen atoms in total. The lowest BCUT2D eigenvalue weighted by Crippen LogP contribution is -2.34. The number of nitrogens with one attached hydrogen (secondary N) is 1. The molecule has 176 valence electrons. The van der Waals surface area contributed by atoms with Gasteiger partial charge in [-0.1, -0.05) is 45.1 Å². The van der Waals surface area contributed by atoms with E-state index in [1.807, 2.05) is 24.9 Å². The van der Waals surface area contributed by atoms with Gasteiger partial charge < -0.3 is 10.2 Å². The molecule has 0 aliphatic carbocycles. The van der Waals surface area contributed by atoms with E-state index in [1.165, 1.54) is 19.1 Å². The second kappa shape index (κ2) is 12.4.